The zero-order chi connectivity index (χ0) is 25.0. The van der Waals surface area contributed by atoms with E-state index >= 15 is 0 Å². The molecule has 2 aromatic heterocycles. The maximum Gasteiger partial charge on any atom is 0.252 e. The molecule has 3 heterocycles. The lowest BCUT2D eigenvalue weighted by molar-refractivity contribution is -0.150. The van der Waals surface area contributed by atoms with Crippen LogP contribution < -0.4 is 10.6 Å². The average molecular weight is 469 g/mol. The van der Waals surface area contributed by atoms with E-state index < -0.39 is 22.9 Å². The van der Waals surface area contributed by atoms with E-state index in [0.29, 0.717) is 22.6 Å². The molecule has 1 aliphatic rings. The number of anilines is 2. The highest BCUT2D eigenvalue weighted by molar-refractivity contribution is 6.03. The molecule has 0 radical (unpaired) electrons. The van der Waals surface area contributed by atoms with Crippen LogP contribution in [-0.2, 0) is 9.59 Å². The average Bonchev–Trinajstić information content (AvgIpc) is 3.07. The number of nitrogens with zero attached hydrogens (tertiary/aromatic N) is 5. The molecule has 3 N–H and O–H groups in total. The van der Waals surface area contributed by atoms with Crippen LogP contribution in [0.3, 0.4) is 0 Å². The highest BCUT2D eigenvalue weighted by Gasteiger charge is 2.45. The number of nitrogen functional groups attached to an aromatic ring is 1. The van der Waals surface area contributed by atoms with Crippen LogP contribution in [0.1, 0.15) is 39.7 Å². The minimum absolute atomic E-state index is 0.112. The van der Waals surface area contributed by atoms with Gasteiger partial charge in [0, 0.05) is 18.7 Å². The number of aryl methyl sites for hydroxylation is 1. The first-order valence-corrected chi connectivity index (χ1v) is 11.0. The number of nitrogens with two attached hydrogens (primary N) is 1. The lowest BCUT2D eigenvalue weighted by Gasteiger charge is -2.46. The molecule has 9 nitrogen and oxygen atoms in total. The van der Waals surface area contributed by atoms with Gasteiger partial charge in [0.25, 0.3) is 5.91 Å². The van der Waals surface area contributed by atoms with Gasteiger partial charge in [0.05, 0.1) is 23.4 Å². The standard InChI is InChI=1S/C24H29FN6O3/c1-14-10-17(31-20(14)21(26)27-13-28-31)15-6-7-16(25)18(11-15)29-8-9-30(24(4,5)22(29)33)19(32)12-23(2,3)34/h6-7,10-11,13,34H,8-9,12H2,1-5H3,(H2,26,27,28). The summed E-state index contributed by atoms with van der Waals surface area (Å²) in [6.07, 6.45) is 1.24. The Balaban J connectivity index is 1.71. The van der Waals surface area contributed by atoms with Gasteiger partial charge in [-0.25, -0.2) is 13.9 Å². The second kappa shape index (κ2) is 8.05. The molecule has 2 amide bonds. The van der Waals surface area contributed by atoms with E-state index in [0.717, 1.165) is 5.56 Å². The quantitative estimate of drug-likeness (QED) is 0.608. The molecule has 1 aliphatic heterocycles. The molecule has 0 saturated carbocycles. The fourth-order valence-corrected chi connectivity index (χ4v) is 4.50. The third-order valence-electron chi connectivity index (χ3n) is 6.18. The summed E-state index contributed by atoms with van der Waals surface area (Å²) in [5, 5.41) is 14.3. The second-order valence-corrected chi connectivity index (χ2v) is 9.83. The Labute approximate surface area is 197 Å². The van der Waals surface area contributed by atoms with E-state index in [-0.39, 0.29) is 31.1 Å². The molecule has 1 aromatic carbocycles. The third kappa shape index (κ3) is 3.98. The van der Waals surface area contributed by atoms with Crippen LogP contribution in [0.15, 0.2) is 30.6 Å². The zero-order valence-corrected chi connectivity index (χ0v) is 20.0. The number of halogens is 1. The molecule has 0 spiro atoms. The number of carbonyl (C=O) groups excluding carboxylic acids is 2. The Morgan fingerprint density at radius 2 is 1.97 bits per heavy atom. The van der Waals surface area contributed by atoms with E-state index in [4.69, 9.17) is 5.73 Å². The van der Waals surface area contributed by atoms with Crippen LogP contribution in [0, 0.1) is 12.7 Å². The maximum atomic E-state index is 15.0. The van der Waals surface area contributed by atoms with Gasteiger partial charge in [-0.05, 0) is 64.4 Å². The van der Waals surface area contributed by atoms with Crippen LogP contribution in [0.4, 0.5) is 15.9 Å². The lowest BCUT2D eigenvalue weighted by Crippen LogP contribution is -2.65. The molecule has 0 atom stereocenters. The molecule has 0 aliphatic carbocycles. The summed E-state index contributed by atoms with van der Waals surface area (Å²) >= 11 is 0. The summed E-state index contributed by atoms with van der Waals surface area (Å²) in [5.41, 5.74) is 6.62. The molecular formula is C24H29FN6O3. The summed E-state index contributed by atoms with van der Waals surface area (Å²) in [7, 11) is 0. The Morgan fingerprint density at radius 1 is 1.26 bits per heavy atom. The van der Waals surface area contributed by atoms with E-state index in [1.54, 1.807) is 44.3 Å². The highest BCUT2D eigenvalue weighted by Crippen LogP contribution is 2.34. The Morgan fingerprint density at radius 3 is 2.65 bits per heavy atom. The van der Waals surface area contributed by atoms with Crippen molar-refractivity contribution in [1.29, 1.82) is 0 Å². The van der Waals surface area contributed by atoms with Crippen LogP contribution in [0.2, 0.25) is 0 Å². The topological polar surface area (TPSA) is 117 Å². The minimum atomic E-state index is -1.21. The van der Waals surface area contributed by atoms with Crippen molar-refractivity contribution >= 4 is 28.8 Å². The fourth-order valence-electron chi connectivity index (χ4n) is 4.50. The molecule has 1 fully saturated rings. The lowest BCUT2D eigenvalue weighted by atomic mass is 9.94. The number of carbonyl (C=O) groups is 2. The number of piperazine rings is 1. The van der Waals surface area contributed by atoms with Gasteiger partial charge in [0.15, 0.2) is 5.82 Å². The maximum absolute atomic E-state index is 15.0. The predicted molar refractivity (Wildman–Crippen MR) is 127 cm³/mol. The number of hydrogen-bond donors (Lipinski definition) is 2. The van der Waals surface area contributed by atoms with Gasteiger partial charge < -0.3 is 20.6 Å². The van der Waals surface area contributed by atoms with Crippen molar-refractivity contribution in [2.45, 2.75) is 52.2 Å². The molecule has 1 saturated heterocycles. The molecule has 180 valence electrons. The minimum Gasteiger partial charge on any atom is -0.390 e. The van der Waals surface area contributed by atoms with Crippen LogP contribution in [-0.4, -0.2) is 60.6 Å². The number of aliphatic hydroxyl groups is 1. The molecule has 34 heavy (non-hydrogen) atoms. The van der Waals surface area contributed by atoms with E-state index in [1.165, 1.54) is 22.2 Å². The van der Waals surface area contributed by atoms with E-state index in [9.17, 15) is 19.1 Å². The molecule has 10 heteroatoms. The normalized spacial score (nSPS) is 16.4. The van der Waals surface area contributed by atoms with Crippen LogP contribution in [0.5, 0.6) is 0 Å². The van der Waals surface area contributed by atoms with Gasteiger partial charge >= 0.3 is 0 Å². The van der Waals surface area contributed by atoms with Crippen LogP contribution in [0.25, 0.3) is 16.8 Å². The largest absolute Gasteiger partial charge is 0.390 e. The first-order valence-electron chi connectivity index (χ1n) is 11.0. The summed E-state index contributed by atoms with van der Waals surface area (Å²) in [6.45, 7) is 8.59. The number of benzene rings is 1. The van der Waals surface area contributed by atoms with Gasteiger partial charge in [-0.3, -0.25) is 9.59 Å². The fraction of sp³-hybridized carbons (Fsp3) is 0.417. The van der Waals surface area contributed by atoms with Gasteiger partial charge in [-0.2, -0.15) is 5.10 Å². The van der Waals surface area contributed by atoms with Gasteiger partial charge in [-0.15, -0.1) is 0 Å². The summed E-state index contributed by atoms with van der Waals surface area (Å²) < 4.78 is 16.6. The first-order chi connectivity index (χ1) is 15.8. The van der Waals surface area contributed by atoms with Gasteiger partial charge in [0.1, 0.15) is 23.2 Å². The van der Waals surface area contributed by atoms with Crippen molar-refractivity contribution in [1.82, 2.24) is 19.5 Å². The molecule has 3 aromatic rings. The van der Waals surface area contributed by atoms with Crippen molar-refractivity contribution in [3.63, 3.8) is 0 Å². The molecule has 4 rings (SSSR count). The van der Waals surface area contributed by atoms with Crippen molar-refractivity contribution < 1.29 is 19.1 Å². The number of rotatable bonds is 4. The van der Waals surface area contributed by atoms with Gasteiger partial charge in [-0.1, -0.05) is 0 Å². The second-order valence-electron chi connectivity index (χ2n) is 9.83. The summed E-state index contributed by atoms with van der Waals surface area (Å²) in [6, 6.07) is 6.43. The Kier molecular flexibility index (Phi) is 5.59. The summed E-state index contributed by atoms with van der Waals surface area (Å²) in [4.78, 5) is 33.1. The SMILES string of the molecule is Cc1cc(-c2ccc(F)c(N3CCN(C(=O)CC(C)(C)O)C(C)(C)C3=O)c2)n2ncnc(N)c12. The third-order valence-corrected chi connectivity index (χ3v) is 6.18. The van der Waals surface area contributed by atoms with Crippen molar-refractivity contribution in [3.05, 3.63) is 42.0 Å². The molecule has 0 unspecified atom stereocenters. The first kappa shape index (κ1) is 23.6. The van der Waals surface area contributed by atoms with Crippen molar-refractivity contribution in [3.8, 4) is 11.3 Å². The summed E-state index contributed by atoms with van der Waals surface area (Å²) in [5.74, 6) is -0.936. The highest BCUT2D eigenvalue weighted by atomic mass is 19.1. The predicted octanol–water partition coefficient (Wildman–Crippen LogP) is 2.54. The number of amides is 2. The monoisotopic (exact) mass is 468 g/mol. The Hall–Kier alpha value is -3.53. The van der Waals surface area contributed by atoms with E-state index in [2.05, 4.69) is 10.1 Å². The number of fused-ring (bicyclic) bond motifs is 1. The van der Waals surface area contributed by atoms with Crippen LogP contribution >= 0.6 is 0 Å². The molecular weight excluding hydrogens is 439 g/mol. The number of hydrogen-bond acceptors (Lipinski definition) is 6. The zero-order valence-electron chi connectivity index (χ0n) is 20.0. The van der Waals surface area contributed by atoms with Crippen molar-refractivity contribution in [2.24, 2.45) is 0 Å². The smallest absolute Gasteiger partial charge is 0.252 e. The van der Waals surface area contributed by atoms with Crippen molar-refractivity contribution in [2.75, 3.05) is 23.7 Å². The molecule has 0 bridgehead atoms. The van der Waals surface area contributed by atoms with Gasteiger partial charge in [0.2, 0.25) is 5.91 Å². The number of aromatic nitrogens is 3. The van der Waals surface area contributed by atoms with E-state index in [1.807, 2.05) is 13.0 Å². The Bertz CT molecular complexity index is 1290.